The maximum atomic E-state index is 12.5. The molecule has 0 aliphatic rings. The Balaban J connectivity index is 2.12. The van der Waals surface area contributed by atoms with Gasteiger partial charge in [0.1, 0.15) is 0 Å². The van der Waals surface area contributed by atoms with Crippen LogP contribution in [-0.4, -0.2) is 34.5 Å². The van der Waals surface area contributed by atoms with Crippen molar-refractivity contribution in [3.63, 3.8) is 0 Å². The lowest BCUT2D eigenvalue weighted by atomic mass is 10.2. The average molecular weight is 384 g/mol. The highest BCUT2D eigenvalue weighted by atomic mass is 16.6. The molecule has 28 heavy (non-hydrogen) atoms. The fourth-order valence-electron chi connectivity index (χ4n) is 2.67. The van der Waals surface area contributed by atoms with Crippen molar-refractivity contribution in [1.82, 2.24) is 9.66 Å². The summed E-state index contributed by atoms with van der Waals surface area (Å²) in [5, 5.41) is 15.5. The second-order valence-corrected chi connectivity index (χ2v) is 5.60. The molecular formula is C18H16N4O6. The highest BCUT2D eigenvalue weighted by Crippen LogP contribution is 2.37. The van der Waals surface area contributed by atoms with Gasteiger partial charge >= 0.3 is 11.4 Å². The van der Waals surface area contributed by atoms with Crippen molar-refractivity contribution in [2.45, 2.75) is 6.92 Å². The van der Waals surface area contributed by atoms with Crippen LogP contribution in [0.15, 0.2) is 51.1 Å². The molecule has 0 saturated heterocycles. The SMILES string of the molecule is CCOc1cc(C=Nn2c(=O)[nH]c3ccccc3c2=O)cc([N+](=O)[O-])c1OC. The van der Waals surface area contributed by atoms with E-state index in [9.17, 15) is 19.7 Å². The third-order valence-corrected chi connectivity index (χ3v) is 3.86. The molecule has 2 aromatic carbocycles. The Morgan fingerprint density at radius 2 is 2.04 bits per heavy atom. The van der Waals surface area contributed by atoms with Gasteiger partial charge < -0.3 is 14.5 Å². The van der Waals surface area contributed by atoms with Crippen LogP contribution >= 0.6 is 0 Å². The van der Waals surface area contributed by atoms with Gasteiger partial charge in [0, 0.05) is 11.6 Å². The fourth-order valence-corrected chi connectivity index (χ4v) is 2.67. The van der Waals surface area contributed by atoms with Crippen molar-refractivity contribution in [3.05, 3.63) is 72.9 Å². The Kier molecular flexibility index (Phi) is 5.21. The molecule has 0 aliphatic heterocycles. The molecule has 3 rings (SSSR count). The minimum Gasteiger partial charge on any atom is -0.490 e. The maximum absolute atomic E-state index is 12.5. The summed E-state index contributed by atoms with van der Waals surface area (Å²) < 4.78 is 11.1. The number of aromatic amines is 1. The molecule has 0 radical (unpaired) electrons. The normalized spacial score (nSPS) is 11.1. The maximum Gasteiger partial charge on any atom is 0.349 e. The van der Waals surface area contributed by atoms with Gasteiger partial charge in [-0.15, -0.1) is 4.68 Å². The molecule has 10 nitrogen and oxygen atoms in total. The number of nitro groups is 1. The zero-order valence-electron chi connectivity index (χ0n) is 15.0. The van der Waals surface area contributed by atoms with E-state index in [-0.39, 0.29) is 34.7 Å². The molecule has 0 saturated carbocycles. The number of para-hydroxylation sites is 1. The van der Waals surface area contributed by atoms with Crippen molar-refractivity contribution in [2.24, 2.45) is 5.10 Å². The van der Waals surface area contributed by atoms with E-state index in [1.54, 1.807) is 31.2 Å². The van der Waals surface area contributed by atoms with Gasteiger partial charge in [0.05, 0.1) is 35.8 Å². The van der Waals surface area contributed by atoms with Gasteiger partial charge in [0.2, 0.25) is 5.75 Å². The Bertz CT molecular complexity index is 1190. The Labute approximate surface area is 157 Å². The van der Waals surface area contributed by atoms with Crippen molar-refractivity contribution < 1.29 is 14.4 Å². The first kappa shape index (κ1) is 18.8. The van der Waals surface area contributed by atoms with Crippen LogP contribution in [0.1, 0.15) is 12.5 Å². The summed E-state index contributed by atoms with van der Waals surface area (Å²) in [6, 6.07) is 9.21. The van der Waals surface area contributed by atoms with E-state index in [0.717, 1.165) is 0 Å². The van der Waals surface area contributed by atoms with E-state index in [1.165, 1.54) is 25.5 Å². The van der Waals surface area contributed by atoms with Crippen LogP contribution in [0.5, 0.6) is 11.5 Å². The molecule has 1 heterocycles. The topological polar surface area (TPSA) is 129 Å². The quantitative estimate of drug-likeness (QED) is 0.392. The molecule has 10 heteroatoms. The molecular weight excluding hydrogens is 368 g/mol. The van der Waals surface area contributed by atoms with Gasteiger partial charge in [0.15, 0.2) is 5.75 Å². The monoisotopic (exact) mass is 384 g/mol. The van der Waals surface area contributed by atoms with Crippen LogP contribution in [0, 0.1) is 10.1 Å². The number of nitrogens with zero attached hydrogens (tertiary/aromatic N) is 3. The van der Waals surface area contributed by atoms with E-state index in [0.29, 0.717) is 10.2 Å². The molecule has 0 unspecified atom stereocenters. The number of nitro benzene ring substituents is 1. The minimum atomic E-state index is -0.729. The number of ether oxygens (including phenoxy) is 2. The van der Waals surface area contributed by atoms with E-state index >= 15 is 0 Å². The second-order valence-electron chi connectivity index (χ2n) is 5.60. The van der Waals surface area contributed by atoms with E-state index < -0.39 is 16.2 Å². The standard InChI is InChI=1S/C18H16N4O6/c1-3-28-15-9-11(8-14(22(25)26)16(15)27-2)10-19-21-17(23)12-6-4-5-7-13(12)20-18(21)24/h4-10H,3H2,1-2H3,(H,20,24). The molecule has 0 amide bonds. The summed E-state index contributed by atoms with van der Waals surface area (Å²) in [6.07, 6.45) is 1.17. The van der Waals surface area contributed by atoms with Crippen LogP contribution in [0.25, 0.3) is 10.9 Å². The Morgan fingerprint density at radius 3 is 2.71 bits per heavy atom. The first-order chi connectivity index (χ1) is 13.5. The second kappa shape index (κ2) is 7.74. The van der Waals surface area contributed by atoms with Gasteiger partial charge in [-0.1, -0.05) is 12.1 Å². The van der Waals surface area contributed by atoms with Crippen molar-refractivity contribution in [3.8, 4) is 11.5 Å². The number of methoxy groups -OCH3 is 1. The Hall–Kier alpha value is -3.95. The number of benzene rings is 2. The van der Waals surface area contributed by atoms with Crippen molar-refractivity contribution in [1.29, 1.82) is 0 Å². The first-order valence-corrected chi connectivity index (χ1v) is 8.24. The molecule has 0 spiro atoms. The number of hydrogen-bond donors (Lipinski definition) is 1. The van der Waals surface area contributed by atoms with Crippen LogP contribution in [0.3, 0.4) is 0 Å². The number of nitrogens with one attached hydrogen (secondary N) is 1. The van der Waals surface area contributed by atoms with Gasteiger partial charge in [-0.3, -0.25) is 14.9 Å². The van der Waals surface area contributed by atoms with Crippen LogP contribution in [-0.2, 0) is 0 Å². The lowest BCUT2D eigenvalue weighted by molar-refractivity contribution is -0.385. The molecule has 1 N–H and O–H groups in total. The molecule has 0 aliphatic carbocycles. The van der Waals surface area contributed by atoms with Gasteiger partial charge in [-0.05, 0) is 25.1 Å². The summed E-state index contributed by atoms with van der Waals surface area (Å²) in [5.74, 6) is 0.130. The summed E-state index contributed by atoms with van der Waals surface area (Å²) in [5.41, 5.74) is -1.01. The average Bonchev–Trinajstić information content (AvgIpc) is 2.67. The number of hydrogen-bond acceptors (Lipinski definition) is 7. The third kappa shape index (κ3) is 3.47. The van der Waals surface area contributed by atoms with Crippen molar-refractivity contribution in [2.75, 3.05) is 13.7 Å². The van der Waals surface area contributed by atoms with E-state index in [2.05, 4.69) is 10.1 Å². The summed E-state index contributed by atoms with van der Waals surface area (Å²) in [7, 11) is 1.30. The molecule has 0 atom stereocenters. The summed E-state index contributed by atoms with van der Waals surface area (Å²) in [4.78, 5) is 37.9. The highest BCUT2D eigenvalue weighted by molar-refractivity contribution is 5.83. The Morgan fingerprint density at radius 1 is 1.29 bits per heavy atom. The summed E-state index contributed by atoms with van der Waals surface area (Å²) in [6.45, 7) is 1.98. The smallest absolute Gasteiger partial charge is 0.349 e. The van der Waals surface area contributed by atoms with Crippen molar-refractivity contribution >= 4 is 22.8 Å². The lowest BCUT2D eigenvalue weighted by Crippen LogP contribution is -2.32. The van der Waals surface area contributed by atoms with Crippen LogP contribution in [0.4, 0.5) is 5.69 Å². The largest absolute Gasteiger partial charge is 0.490 e. The van der Waals surface area contributed by atoms with Gasteiger partial charge in [0.25, 0.3) is 5.56 Å². The summed E-state index contributed by atoms with van der Waals surface area (Å²) >= 11 is 0. The predicted octanol–water partition coefficient (Wildman–Crippen LogP) is 1.89. The van der Waals surface area contributed by atoms with E-state index in [4.69, 9.17) is 9.47 Å². The molecule has 0 bridgehead atoms. The number of H-pyrrole nitrogens is 1. The highest BCUT2D eigenvalue weighted by Gasteiger charge is 2.21. The molecule has 0 fully saturated rings. The molecule has 1 aromatic heterocycles. The lowest BCUT2D eigenvalue weighted by Gasteiger charge is -2.10. The minimum absolute atomic E-state index is 0.0234. The fraction of sp³-hybridized carbons (Fsp3) is 0.167. The molecule has 144 valence electrons. The first-order valence-electron chi connectivity index (χ1n) is 8.24. The van der Waals surface area contributed by atoms with Gasteiger partial charge in [-0.25, -0.2) is 4.79 Å². The van der Waals surface area contributed by atoms with Crippen LogP contribution in [0.2, 0.25) is 0 Å². The van der Waals surface area contributed by atoms with Crippen LogP contribution < -0.4 is 20.7 Å². The predicted molar refractivity (Wildman–Crippen MR) is 103 cm³/mol. The number of aromatic nitrogens is 2. The third-order valence-electron chi connectivity index (χ3n) is 3.86. The number of fused-ring (bicyclic) bond motifs is 1. The zero-order chi connectivity index (χ0) is 20.3. The number of rotatable bonds is 6. The zero-order valence-corrected chi connectivity index (χ0v) is 15.0. The molecule has 3 aromatic rings. The van der Waals surface area contributed by atoms with Gasteiger partial charge in [-0.2, -0.15) is 5.10 Å². The van der Waals surface area contributed by atoms with E-state index in [1.807, 2.05) is 0 Å².